The van der Waals surface area contributed by atoms with Crippen molar-refractivity contribution in [2.45, 2.75) is 76.8 Å². The van der Waals surface area contributed by atoms with E-state index in [-0.39, 0.29) is 0 Å². The van der Waals surface area contributed by atoms with E-state index in [4.69, 9.17) is 0 Å². The van der Waals surface area contributed by atoms with E-state index in [9.17, 15) is 0 Å². The van der Waals surface area contributed by atoms with Crippen molar-refractivity contribution in [3.63, 3.8) is 0 Å². The molecule has 0 aromatic rings. The summed E-state index contributed by atoms with van der Waals surface area (Å²) in [7, 11) is 0. The van der Waals surface area contributed by atoms with Crippen LogP contribution in [0.3, 0.4) is 0 Å². The van der Waals surface area contributed by atoms with Gasteiger partial charge in [-0.2, -0.15) is 0 Å². The molecule has 2 saturated carbocycles. The van der Waals surface area contributed by atoms with E-state index in [0.29, 0.717) is 0 Å². The average Bonchev–Trinajstić information content (AvgIpc) is 3.30. The van der Waals surface area contributed by atoms with Gasteiger partial charge in [0.1, 0.15) is 0 Å². The molecule has 2 atom stereocenters. The molecule has 2 aliphatic carbocycles. The fourth-order valence-electron chi connectivity index (χ4n) is 4.17. The number of hydrogen-bond acceptors (Lipinski definition) is 2. The van der Waals surface area contributed by atoms with Gasteiger partial charge in [-0.05, 0) is 44.1 Å². The second-order valence-corrected chi connectivity index (χ2v) is 7.20. The van der Waals surface area contributed by atoms with Gasteiger partial charge in [0, 0.05) is 25.2 Å². The molecule has 1 heterocycles. The van der Waals surface area contributed by atoms with Gasteiger partial charge in [-0.25, -0.2) is 0 Å². The summed E-state index contributed by atoms with van der Waals surface area (Å²) in [5.74, 6) is 2.05. The minimum absolute atomic E-state index is 0.794. The Morgan fingerprint density at radius 3 is 2.53 bits per heavy atom. The third kappa shape index (κ3) is 3.72. The molecule has 3 fully saturated rings. The third-order valence-electron chi connectivity index (χ3n) is 5.77. The second kappa shape index (κ2) is 6.58. The molecule has 0 amide bonds. The highest BCUT2D eigenvalue weighted by Crippen LogP contribution is 2.33. The zero-order valence-electron chi connectivity index (χ0n) is 12.7. The van der Waals surface area contributed by atoms with Gasteiger partial charge in [0.25, 0.3) is 0 Å². The smallest absolute Gasteiger partial charge is 0.0224 e. The lowest BCUT2D eigenvalue weighted by atomic mass is 9.82. The largest absolute Gasteiger partial charge is 0.311 e. The van der Waals surface area contributed by atoms with Gasteiger partial charge < -0.3 is 5.32 Å². The zero-order chi connectivity index (χ0) is 13.1. The fourth-order valence-corrected chi connectivity index (χ4v) is 4.17. The van der Waals surface area contributed by atoms with Crippen molar-refractivity contribution in [2.75, 3.05) is 19.6 Å². The maximum Gasteiger partial charge on any atom is 0.0224 e. The monoisotopic (exact) mass is 264 g/mol. The summed E-state index contributed by atoms with van der Waals surface area (Å²) < 4.78 is 0. The van der Waals surface area contributed by atoms with Crippen LogP contribution in [0.2, 0.25) is 0 Å². The number of hydrogen-bond donors (Lipinski definition) is 1. The predicted octanol–water partition coefficient (Wildman–Crippen LogP) is 3.42. The van der Waals surface area contributed by atoms with Crippen molar-refractivity contribution in [1.29, 1.82) is 0 Å². The molecule has 3 aliphatic rings. The van der Waals surface area contributed by atoms with Gasteiger partial charge in [0.05, 0.1) is 0 Å². The predicted molar refractivity (Wildman–Crippen MR) is 81.4 cm³/mol. The molecule has 1 saturated heterocycles. The highest BCUT2D eigenvalue weighted by atomic mass is 15.2. The van der Waals surface area contributed by atoms with Crippen LogP contribution in [-0.4, -0.2) is 36.6 Å². The Labute approximate surface area is 119 Å². The highest BCUT2D eigenvalue weighted by molar-refractivity contribution is 4.90. The Morgan fingerprint density at radius 2 is 1.84 bits per heavy atom. The van der Waals surface area contributed by atoms with Crippen LogP contribution in [0.15, 0.2) is 0 Å². The van der Waals surface area contributed by atoms with E-state index >= 15 is 0 Å². The Morgan fingerprint density at radius 1 is 1.05 bits per heavy atom. The molecular weight excluding hydrogens is 232 g/mol. The minimum Gasteiger partial charge on any atom is -0.311 e. The lowest BCUT2D eigenvalue weighted by molar-refractivity contribution is 0.0912. The number of nitrogens with zero attached hydrogens (tertiary/aromatic N) is 1. The molecule has 0 aromatic heterocycles. The fraction of sp³-hybridized carbons (Fsp3) is 1.00. The van der Waals surface area contributed by atoms with Crippen molar-refractivity contribution in [3.05, 3.63) is 0 Å². The quantitative estimate of drug-likeness (QED) is 0.818. The SMILES string of the molecule is CCC1CNC(C2CCCCC2)CN1CCC1CC1. The van der Waals surface area contributed by atoms with Gasteiger partial charge in [0.15, 0.2) is 0 Å². The standard InChI is InChI=1S/C17H32N2/c1-2-16-12-18-17(15-6-4-3-5-7-15)13-19(16)11-10-14-8-9-14/h14-18H,2-13H2,1H3. The normalized spacial score (nSPS) is 34.6. The second-order valence-electron chi connectivity index (χ2n) is 7.20. The molecule has 0 spiro atoms. The summed E-state index contributed by atoms with van der Waals surface area (Å²) in [6.07, 6.45) is 13.2. The maximum absolute atomic E-state index is 3.88. The highest BCUT2D eigenvalue weighted by Gasteiger charge is 2.32. The third-order valence-corrected chi connectivity index (χ3v) is 5.77. The van der Waals surface area contributed by atoms with Crippen LogP contribution in [0.4, 0.5) is 0 Å². The van der Waals surface area contributed by atoms with E-state index < -0.39 is 0 Å². The average molecular weight is 264 g/mol. The summed E-state index contributed by atoms with van der Waals surface area (Å²) in [6.45, 7) is 6.30. The number of rotatable bonds is 5. The van der Waals surface area contributed by atoms with Crippen LogP contribution >= 0.6 is 0 Å². The first-order valence-electron chi connectivity index (χ1n) is 8.84. The molecule has 1 N–H and O–H groups in total. The van der Waals surface area contributed by atoms with Gasteiger partial charge >= 0.3 is 0 Å². The molecule has 110 valence electrons. The van der Waals surface area contributed by atoms with E-state index in [0.717, 1.165) is 23.9 Å². The summed E-state index contributed by atoms with van der Waals surface area (Å²) in [5.41, 5.74) is 0. The Balaban J connectivity index is 1.52. The van der Waals surface area contributed by atoms with Crippen LogP contribution in [0.1, 0.15) is 64.7 Å². The van der Waals surface area contributed by atoms with Crippen molar-refractivity contribution in [2.24, 2.45) is 11.8 Å². The molecule has 3 rings (SSSR count). The van der Waals surface area contributed by atoms with Gasteiger partial charge in [-0.15, -0.1) is 0 Å². The molecule has 2 heteroatoms. The van der Waals surface area contributed by atoms with Gasteiger partial charge in [-0.1, -0.05) is 39.0 Å². The first-order chi connectivity index (χ1) is 9.36. The maximum atomic E-state index is 3.88. The minimum atomic E-state index is 0.794. The molecule has 2 unspecified atom stereocenters. The molecule has 19 heavy (non-hydrogen) atoms. The van der Waals surface area contributed by atoms with Crippen LogP contribution in [0, 0.1) is 11.8 Å². The van der Waals surface area contributed by atoms with Crippen LogP contribution < -0.4 is 5.32 Å². The van der Waals surface area contributed by atoms with Crippen LogP contribution in [0.25, 0.3) is 0 Å². The molecule has 1 aliphatic heterocycles. The zero-order valence-corrected chi connectivity index (χ0v) is 12.7. The molecular formula is C17H32N2. The topological polar surface area (TPSA) is 15.3 Å². The molecule has 2 nitrogen and oxygen atoms in total. The van der Waals surface area contributed by atoms with Crippen molar-refractivity contribution in [1.82, 2.24) is 10.2 Å². The van der Waals surface area contributed by atoms with Crippen molar-refractivity contribution >= 4 is 0 Å². The first kappa shape index (κ1) is 13.9. The molecule has 0 aromatic carbocycles. The Hall–Kier alpha value is -0.0800. The lowest BCUT2D eigenvalue weighted by Gasteiger charge is -2.44. The van der Waals surface area contributed by atoms with E-state index in [2.05, 4.69) is 17.1 Å². The Kier molecular flexibility index (Phi) is 4.81. The number of piperazine rings is 1. The van der Waals surface area contributed by atoms with Crippen molar-refractivity contribution in [3.8, 4) is 0 Å². The van der Waals surface area contributed by atoms with Crippen LogP contribution in [-0.2, 0) is 0 Å². The van der Waals surface area contributed by atoms with E-state index in [1.165, 1.54) is 77.4 Å². The summed E-state index contributed by atoms with van der Waals surface area (Å²) in [6, 6.07) is 1.60. The molecule has 0 radical (unpaired) electrons. The van der Waals surface area contributed by atoms with Gasteiger partial charge in [-0.3, -0.25) is 4.90 Å². The Bertz CT molecular complexity index is 268. The number of nitrogens with one attached hydrogen (secondary N) is 1. The van der Waals surface area contributed by atoms with Crippen molar-refractivity contribution < 1.29 is 0 Å². The first-order valence-corrected chi connectivity index (χ1v) is 8.84. The summed E-state index contributed by atoms with van der Waals surface area (Å²) in [5, 5.41) is 3.88. The van der Waals surface area contributed by atoms with Gasteiger partial charge in [0.2, 0.25) is 0 Å². The van der Waals surface area contributed by atoms with Crippen LogP contribution in [0.5, 0.6) is 0 Å². The van der Waals surface area contributed by atoms with E-state index in [1.807, 2.05) is 0 Å². The summed E-state index contributed by atoms with van der Waals surface area (Å²) in [4.78, 5) is 2.83. The summed E-state index contributed by atoms with van der Waals surface area (Å²) >= 11 is 0. The lowest BCUT2D eigenvalue weighted by Crippen LogP contribution is -2.58. The van der Waals surface area contributed by atoms with E-state index in [1.54, 1.807) is 0 Å². The molecule has 0 bridgehead atoms.